The molecule has 0 aromatic rings. The van der Waals surface area contributed by atoms with Crippen molar-refractivity contribution in [3.8, 4) is 0 Å². The van der Waals surface area contributed by atoms with Crippen LogP contribution in [0.4, 0.5) is 4.79 Å². The van der Waals surface area contributed by atoms with E-state index in [1.54, 1.807) is 20.8 Å². The van der Waals surface area contributed by atoms with Crippen LogP contribution in [0.1, 0.15) is 33.6 Å². The zero-order chi connectivity index (χ0) is 13.1. The highest BCUT2D eigenvalue weighted by Crippen LogP contribution is 2.45. The molecule has 0 bridgehead atoms. The minimum absolute atomic E-state index is 0.0198. The number of ether oxygens (including phenoxy) is 1. The number of carbonyl (C=O) groups excluding carboxylic acids is 1. The molecule has 1 fully saturated rings. The van der Waals surface area contributed by atoms with Crippen molar-refractivity contribution in [3.05, 3.63) is 0 Å². The number of alkyl carbamates (subject to hydrolysis) is 1. The number of amides is 1. The Bertz CT molecular complexity index is 268. The molecule has 17 heavy (non-hydrogen) atoms. The molecule has 0 aromatic heterocycles. The summed E-state index contributed by atoms with van der Waals surface area (Å²) in [5.41, 5.74) is -0.891. The quantitative estimate of drug-likeness (QED) is 0.687. The average molecular weight is 245 g/mol. The predicted octanol–water partition coefficient (Wildman–Crippen LogP) is 0.892. The van der Waals surface area contributed by atoms with Crippen LogP contribution >= 0.6 is 0 Å². The van der Waals surface area contributed by atoms with Crippen molar-refractivity contribution >= 4 is 6.09 Å². The van der Waals surface area contributed by atoms with E-state index >= 15 is 0 Å². The molecule has 2 unspecified atom stereocenters. The lowest BCUT2D eigenvalue weighted by Gasteiger charge is -2.47. The van der Waals surface area contributed by atoms with Crippen molar-refractivity contribution < 1.29 is 19.7 Å². The van der Waals surface area contributed by atoms with E-state index in [-0.39, 0.29) is 24.5 Å². The van der Waals surface area contributed by atoms with Crippen LogP contribution in [0, 0.1) is 11.3 Å². The van der Waals surface area contributed by atoms with E-state index in [2.05, 4.69) is 5.32 Å². The Labute approximate surface area is 102 Å². The summed E-state index contributed by atoms with van der Waals surface area (Å²) in [7, 11) is 0. The van der Waals surface area contributed by atoms with Crippen LogP contribution in [0.15, 0.2) is 0 Å². The number of aliphatic hydroxyl groups is 2. The van der Waals surface area contributed by atoms with Gasteiger partial charge in [-0.3, -0.25) is 0 Å². The molecule has 0 heterocycles. The fraction of sp³-hybridized carbons (Fsp3) is 0.917. The maximum absolute atomic E-state index is 11.5. The molecule has 0 spiro atoms. The Kier molecular flexibility index (Phi) is 4.38. The van der Waals surface area contributed by atoms with E-state index in [1.165, 1.54) is 0 Å². The molecule has 1 amide bonds. The first-order valence-corrected chi connectivity index (χ1v) is 6.01. The molecule has 1 rings (SSSR count). The Balaban J connectivity index is 2.41. The molecule has 0 aromatic carbocycles. The van der Waals surface area contributed by atoms with Crippen LogP contribution in [-0.2, 0) is 4.74 Å². The number of hydrogen-bond acceptors (Lipinski definition) is 4. The number of rotatable bonds is 4. The van der Waals surface area contributed by atoms with Crippen molar-refractivity contribution in [2.24, 2.45) is 11.3 Å². The zero-order valence-electron chi connectivity index (χ0n) is 10.8. The van der Waals surface area contributed by atoms with Crippen LogP contribution < -0.4 is 5.32 Å². The smallest absolute Gasteiger partial charge is 0.407 e. The molecule has 2 atom stereocenters. The van der Waals surface area contributed by atoms with E-state index in [0.29, 0.717) is 6.54 Å². The topological polar surface area (TPSA) is 78.8 Å². The van der Waals surface area contributed by atoms with Gasteiger partial charge in [0.1, 0.15) is 5.60 Å². The highest BCUT2D eigenvalue weighted by molar-refractivity contribution is 5.67. The second-order valence-corrected chi connectivity index (χ2v) is 5.79. The molecule has 1 saturated carbocycles. The minimum Gasteiger partial charge on any atom is -0.444 e. The van der Waals surface area contributed by atoms with Crippen molar-refractivity contribution in [2.45, 2.75) is 39.2 Å². The molecule has 0 aliphatic heterocycles. The number of nitrogens with one attached hydrogen (secondary N) is 1. The summed E-state index contributed by atoms with van der Waals surface area (Å²) in [6.45, 7) is 5.78. The molecule has 5 nitrogen and oxygen atoms in total. The Morgan fingerprint density at radius 1 is 1.47 bits per heavy atom. The minimum atomic E-state index is -0.521. The third kappa shape index (κ3) is 3.57. The summed E-state index contributed by atoms with van der Waals surface area (Å²) in [6.07, 6.45) is 1.24. The largest absolute Gasteiger partial charge is 0.444 e. The highest BCUT2D eigenvalue weighted by atomic mass is 16.6. The van der Waals surface area contributed by atoms with E-state index in [1.807, 2.05) is 0 Å². The first-order chi connectivity index (χ1) is 7.83. The second kappa shape index (κ2) is 5.23. The first-order valence-electron chi connectivity index (χ1n) is 6.01. The van der Waals surface area contributed by atoms with Crippen molar-refractivity contribution in [3.63, 3.8) is 0 Å². The van der Waals surface area contributed by atoms with Gasteiger partial charge in [0.15, 0.2) is 0 Å². The van der Waals surface area contributed by atoms with Crippen LogP contribution in [0.2, 0.25) is 0 Å². The molecular weight excluding hydrogens is 222 g/mol. The third-order valence-electron chi connectivity index (χ3n) is 3.38. The van der Waals surface area contributed by atoms with Gasteiger partial charge in [-0.25, -0.2) is 4.79 Å². The number of carbonyl (C=O) groups is 1. The van der Waals surface area contributed by atoms with Gasteiger partial charge in [-0.05, 0) is 39.5 Å². The summed E-state index contributed by atoms with van der Waals surface area (Å²) < 4.78 is 5.12. The van der Waals surface area contributed by atoms with Gasteiger partial charge >= 0.3 is 6.09 Å². The molecule has 5 heteroatoms. The van der Waals surface area contributed by atoms with E-state index < -0.39 is 11.7 Å². The number of aliphatic hydroxyl groups excluding tert-OH is 2. The Hall–Kier alpha value is -0.810. The fourth-order valence-corrected chi connectivity index (χ4v) is 2.10. The third-order valence-corrected chi connectivity index (χ3v) is 3.38. The zero-order valence-corrected chi connectivity index (χ0v) is 10.8. The lowest BCUT2D eigenvalue weighted by molar-refractivity contribution is -0.0529. The maximum atomic E-state index is 11.5. The van der Waals surface area contributed by atoms with Gasteiger partial charge in [-0.1, -0.05) is 0 Å². The molecule has 1 aliphatic carbocycles. The van der Waals surface area contributed by atoms with Crippen molar-refractivity contribution in [2.75, 3.05) is 19.8 Å². The SMILES string of the molecule is CC(C)(C)OC(=O)NCC1(CO)CCC1CO. The summed E-state index contributed by atoms with van der Waals surface area (Å²) >= 11 is 0. The molecule has 0 radical (unpaired) electrons. The normalized spacial score (nSPS) is 28.4. The van der Waals surface area contributed by atoms with Crippen LogP contribution in [0.5, 0.6) is 0 Å². The summed E-state index contributed by atoms with van der Waals surface area (Å²) in [5.74, 6) is 0.0717. The number of hydrogen-bond donors (Lipinski definition) is 3. The van der Waals surface area contributed by atoms with Crippen LogP contribution in [0.3, 0.4) is 0 Å². The molecule has 1 aliphatic rings. The van der Waals surface area contributed by atoms with Gasteiger partial charge in [0, 0.05) is 18.6 Å². The predicted molar refractivity (Wildman–Crippen MR) is 63.6 cm³/mol. The highest BCUT2D eigenvalue weighted by Gasteiger charge is 2.46. The van der Waals surface area contributed by atoms with Gasteiger partial charge in [0.05, 0.1) is 6.61 Å². The van der Waals surface area contributed by atoms with Gasteiger partial charge in [0.25, 0.3) is 0 Å². The maximum Gasteiger partial charge on any atom is 0.407 e. The van der Waals surface area contributed by atoms with Crippen LogP contribution in [0.25, 0.3) is 0 Å². The molecule has 0 saturated heterocycles. The monoisotopic (exact) mass is 245 g/mol. The summed E-state index contributed by atoms with van der Waals surface area (Å²) in [4.78, 5) is 11.5. The van der Waals surface area contributed by atoms with Gasteiger partial charge < -0.3 is 20.3 Å². The standard InChI is InChI=1S/C12H23NO4/c1-11(2,3)17-10(16)13-7-12(8-15)5-4-9(12)6-14/h9,14-15H,4-8H2,1-3H3,(H,13,16). The Morgan fingerprint density at radius 3 is 2.47 bits per heavy atom. The fourth-order valence-electron chi connectivity index (χ4n) is 2.10. The lowest BCUT2D eigenvalue weighted by atomic mass is 9.60. The molecule has 100 valence electrons. The molecular formula is C12H23NO4. The Morgan fingerprint density at radius 2 is 2.12 bits per heavy atom. The van der Waals surface area contributed by atoms with Gasteiger partial charge in [0.2, 0.25) is 0 Å². The van der Waals surface area contributed by atoms with E-state index in [4.69, 9.17) is 9.84 Å². The first kappa shape index (κ1) is 14.3. The lowest BCUT2D eigenvalue weighted by Crippen LogP contribution is -2.53. The van der Waals surface area contributed by atoms with Gasteiger partial charge in [-0.15, -0.1) is 0 Å². The van der Waals surface area contributed by atoms with Gasteiger partial charge in [-0.2, -0.15) is 0 Å². The average Bonchev–Trinajstić information content (AvgIpc) is 2.15. The second-order valence-electron chi connectivity index (χ2n) is 5.79. The van der Waals surface area contributed by atoms with E-state index in [9.17, 15) is 9.90 Å². The van der Waals surface area contributed by atoms with Crippen LogP contribution in [-0.4, -0.2) is 41.7 Å². The van der Waals surface area contributed by atoms with E-state index in [0.717, 1.165) is 12.8 Å². The summed E-state index contributed by atoms with van der Waals surface area (Å²) in [5, 5.41) is 21.2. The van der Waals surface area contributed by atoms with Crippen molar-refractivity contribution in [1.29, 1.82) is 0 Å². The summed E-state index contributed by atoms with van der Waals surface area (Å²) in [6, 6.07) is 0. The molecule has 3 N–H and O–H groups in total. The van der Waals surface area contributed by atoms with Crippen molar-refractivity contribution in [1.82, 2.24) is 5.32 Å².